The van der Waals surface area contributed by atoms with Gasteiger partial charge in [0.1, 0.15) is 5.76 Å². The van der Waals surface area contributed by atoms with Crippen molar-refractivity contribution >= 4 is 21.4 Å². The molecule has 0 spiro atoms. The number of carbonyl (C=O) groups excluding carboxylic acids is 1. The highest BCUT2D eigenvalue weighted by Crippen LogP contribution is 2.40. The van der Waals surface area contributed by atoms with Gasteiger partial charge in [0.15, 0.2) is 15.5 Å². The van der Waals surface area contributed by atoms with E-state index in [0.717, 1.165) is 44.3 Å². The molecule has 1 aromatic carbocycles. The summed E-state index contributed by atoms with van der Waals surface area (Å²) < 4.78 is 30.5. The summed E-state index contributed by atoms with van der Waals surface area (Å²) in [5.74, 6) is 1.07. The average molecular weight is 404 g/mol. The summed E-state index contributed by atoms with van der Waals surface area (Å²) in [5, 5.41) is 6.53. The van der Waals surface area contributed by atoms with Crippen molar-refractivity contribution in [3.8, 4) is 0 Å². The fraction of sp³-hybridized carbons (Fsp3) is 0.500. The van der Waals surface area contributed by atoms with E-state index in [1.54, 1.807) is 18.2 Å². The van der Waals surface area contributed by atoms with Crippen LogP contribution in [0.2, 0.25) is 0 Å². The Morgan fingerprint density at radius 2 is 1.79 bits per heavy atom. The van der Waals surface area contributed by atoms with Crippen LogP contribution in [0.5, 0.6) is 0 Å². The molecule has 150 valence electrons. The minimum atomic E-state index is -3.35. The number of anilines is 1. The maximum Gasteiger partial charge on any atom is 0.277 e. The molecule has 8 heteroatoms. The van der Waals surface area contributed by atoms with Crippen molar-refractivity contribution in [2.24, 2.45) is 11.7 Å². The number of hydrogen-bond acceptors (Lipinski definition) is 6. The van der Waals surface area contributed by atoms with Crippen LogP contribution in [0.3, 0.4) is 0 Å². The predicted octanol–water partition coefficient (Wildman–Crippen LogP) is 3.10. The number of rotatable bonds is 6. The van der Waals surface area contributed by atoms with E-state index < -0.39 is 9.84 Å². The zero-order valence-electron chi connectivity index (χ0n) is 15.6. The first-order chi connectivity index (χ1) is 13.4. The lowest BCUT2D eigenvalue weighted by atomic mass is 9.88. The zero-order valence-corrected chi connectivity index (χ0v) is 16.5. The lowest BCUT2D eigenvalue weighted by Gasteiger charge is -2.25. The summed E-state index contributed by atoms with van der Waals surface area (Å²) in [6, 6.07) is 8.15. The van der Waals surface area contributed by atoms with Crippen LogP contribution in [0.4, 0.5) is 5.69 Å². The fourth-order valence-electron chi connectivity index (χ4n) is 3.66. The third kappa shape index (κ3) is 4.44. The van der Waals surface area contributed by atoms with Gasteiger partial charge in [-0.3, -0.25) is 4.79 Å². The third-order valence-corrected chi connectivity index (χ3v) is 7.46. The van der Waals surface area contributed by atoms with Crippen molar-refractivity contribution in [2.45, 2.75) is 55.4 Å². The number of nitrogens with two attached hydrogens (primary N) is 1. The van der Waals surface area contributed by atoms with Gasteiger partial charge in [0.25, 0.3) is 5.91 Å². The molecule has 1 heterocycles. The normalized spacial score (nSPS) is 22.8. The molecule has 0 saturated heterocycles. The third-order valence-electron chi connectivity index (χ3n) is 5.56. The topological polar surface area (TPSA) is 115 Å². The Morgan fingerprint density at radius 1 is 1.11 bits per heavy atom. The smallest absolute Gasteiger partial charge is 0.277 e. The average Bonchev–Trinajstić information content (AvgIpc) is 3.40. The number of nitrogens with one attached hydrogen (secondary N) is 1. The predicted molar refractivity (Wildman–Crippen MR) is 105 cm³/mol. The summed E-state index contributed by atoms with van der Waals surface area (Å²) >= 11 is 0. The molecular formula is C20H25N3O4S. The molecule has 0 unspecified atom stereocenters. The number of hydrogen-bond donors (Lipinski definition) is 2. The summed E-state index contributed by atoms with van der Waals surface area (Å²) in [7, 11) is -3.35. The molecule has 7 nitrogen and oxygen atoms in total. The molecular weight excluding hydrogens is 378 g/mol. The zero-order chi connectivity index (χ0) is 19.7. The van der Waals surface area contributed by atoms with Gasteiger partial charge >= 0.3 is 0 Å². The molecule has 2 aliphatic carbocycles. The highest BCUT2D eigenvalue weighted by molar-refractivity contribution is 7.91. The Kier molecular flexibility index (Phi) is 5.25. The number of amides is 1. The molecule has 2 aliphatic rings. The second-order valence-electron chi connectivity index (χ2n) is 7.93. The lowest BCUT2D eigenvalue weighted by molar-refractivity contribution is 0.101. The minimum Gasteiger partial charge on any atom is -0.360 e. The molecule has 3 N–H and O–H groups in total. The van der Waals surface area contributed by atoms with Gasteiger partial charge in [0.2, 0.25) is 0 Å². The molecule has 28 heavy (non-hydrogen) atoms. The molecule has 2 fully saturated rings. The summed E-state index contributed by atoms with van der Waals surface area (Å²) in [4.78, 5) is 12.6. The van der Waals surface area contributed by atoms with E-state index in [0.29, 0.717) is 11.6 Å². The largest absolute Gasteiger partial charge is 0.360 e. The summed E-state index contributed by atoms with van der Waals surface area (Å²) in [6.07, 6.45) is 5.62. The first-order valence-electron chi connectivity index (χ1n) is 9.77. The van der Waals surface area contributed by atoms with E-state index in [1.807, 2.05) is 0 Å². The number of benzene rings is 1. The van der Waals surface area contributed by atoms with E-state index >= 15 is 0 Å². The second kappa shape index (κ2) is 7.67. The standard InChI is InChI=1S/C20H25N3O4S/c21-15-5-1-13(2-6-15)12-28(25,26)17-9-7-16(8-10-17)22-20(24)18-11-19(27-23-18)14-3-4-14/h7-11,13-15H,1-6,12,21H2,(H,22,24). The Morgan fingerprint density at radius 3 is 2.43 bits per heavy atom. The van der Waals surface area contributed by atoms with Crippen molar-refractivity contribution in [1.29, 1.82) is 0 Å². The van der Waals surface area contributed by atoms with Crippen LogP contribution < -0.4 is 11.1 Å². The maximum absolute atomic E-state index is 12.7. The van der Waals surface area contributed by atoms with Gasteiger partial charge in [-0.1, -0.05) is 5.16 Å². The first-order valence-corrected chi connectivity index (χ1v) is 11.4. The van der Waals surface area contributed by atoms with Crippen LogP contribution in [0.15, 0.2) is 39.8 Å². The van der Waals surface area contributed by atoms with Crippen molar-refractivity contribution in [3.63, 3.8) is 0 Å². The van der Waals surface area contributed by atoms with E-state index in [1.165, 1.54) is 12.1 Å². The molecule has 0 bridgehead atoms. The molecule has 0 aliphatic heterocycles. The summed E-state index contributed by atoms with van der Waals surface area (Å²) in [6.45, 7) is 0. The van der Waals surface area contributed by atoms with Crippen molar-refractivity contribution in [1.82, 2.24) is 5.16 Å². The van der Waals surface area contributed by atoms with Gasteiger partial charge in [0, 0.05) is 23.7 Å². The van der Waals surface area contributed by atoms with Gasteiger partial charge in [-0.2, -0.15) is 0 Å². The minimum absolute atomic E-state index is 0.147. The highest BCUT2D eigenvalue weighted by atomic mass is 32.2. The Bertz CT molecular complexity index is 940. The van der Waals surface area contributed by atoms with Crippen molar-refractivity contribution in [2.75, 3.05) is 11.1 Å². The Hall–Kier alpha value is -2.19. The van der Waals surface area contributed by atoms with Gasteiger partial charge in [-0.05, 0) is 68.7 Å². The van der Waals surface area contributed by atoms with Gasteiger partial charge in [-0.25, -0.2) is 8.42 Å². The molecule has 1 amide bonds. The monoisotopic (exact) mass is 403 g/mol. The molecule has 4 rings (SSSR count). The van der Waals surface area contributed by atoms with E-state index in [4.69, 9.17) is 10.3 Å². The van der Waals surface area contributed by atoms with Crippen molar-refractivity contribution in [3.05, 3.63) is 41.8 Å². The number of carbonyl (C=O) groups is 1. The Balaban J connectivity index is 1.37. The molecule has 2 saturated carbocycles. The second-order valence-corrected chi connectivity index (χ2v) is 9.96. The SMILES string of the molecule is NC1CCC(CS(=O)(=O)c2ccc(NC(=O)c3cc(C4CC4)on3)cc2)CC1. The van der Waals surface area contributed by atoms with Crippen LogP contribution in [0.1, 0.15) is 60.7 Å². The van der Waals surface area contributed by atoms with Crippen LogP contribution >= 0.6 is 0 Å². The molecule has 2 aromatic rings. The van der Waals surface area contributed by atoms with E-state index in [2.05, 4.69) is 10.5 Å². The quantitative estimate of drug-likeness (QED) is 0.766. The van der Waals surface area contributed by atoms with Gasteiger partial charge in [-0.15, -0.1) is 0 Å². The van der Waals surface area contributed by atoms with Crippen LogP contribution in [0.25, 0.3) is 0 Å². The van der Waals surface area contributed by atoms with Gasteiger partial charge in [0.05, 0.1) is 10.6 Å². The molecule has 0 radical (unpaired) electrons. The highest BCUT2D eigenvalue weighted by Gasteiger charge is 2.29. The lowest BCUT2D eigenvalue weighted by Crippen LogP contribution is -2.29. The Labute approximate surface area is 164 Å². The maximum atomic E-state index is 12.7. The first kappa shape index (κ1) is 19.1. The number of sulfone groups is 1. The van der Waals surface area contributed by atoms with Gasteiger partial charge < -0.3 is 15.6 Å². The van der Waals surface area contributed by atoms with Crippen LogP contribution in [0, 0.1) is 5.92 Å². The fourth-order valence-corrected chi connectivity index (χ4v) is 5.36. The number of nitrogens with zero attached hydrogens (tertiary/aromatic N) is 1. The van der Waals surface area contributed by atoms with E-state index in [9.17, 15) is 13.2 Å². The van der Waals surface area contributed by atoms with Crippen molar-refractivity contribution < 1.29 is 17.7 Å². The molecule has 1 aromatic heterocycles. The van der Waals surface area contributed by atoms with Crippen LogP contribution in [-0.4, -0.2) is 31.3 Å². The molecule has 0 atom stereocenters. The van der Waals surface area contributed by atoms with E-state index in [-0.39, 0.29) is 34.2 Å². The summed E-state index contributed by atoms with van der Waals surface area (Å²) in [5.41, 5.74) is 6.64. The van der Waals surface area contributed by atoms with Crippen LogP contribution in [-0.2, 0) is 9.84 Å². The number of aromatic nitrogens is 1.